The summed E-state index contributed by atoms with van der Waals surface area (Å²) in [5.74, 6) is -0.107. The minimum Gasteiger partial charge on any atom is -0.330 e. The Hall–Kier alpha value is -2.88. The first-order valence-electron chi connectivity index (χ1n) is 8.19. The molecular formula is C20H18N2O2. The summed E-state index contributed by atoms with van der Waals surface area (Å²) in [7, 11) is 0. The molecule has 2 aromatic carbocycles. The third-order valence-electron chi connectivity index (χ3n) is 4.43. The molecule has 0 aliphatic heterocycles. The molecule has 4 nitrogen and oxygen atoms in total. The van der Waals surface area contributed by atoms with E-state index in [1.807, 2.05) is 53.4 Å². The topological polar surface area (TPSA) is 53.2 Å². The smallest absolute Gasteiger partial charge is 0.270 e. The van der Waals surface area contributed by atoms with Crippen LogP contribution in [0, 0.1) is 0 Å². The largest absolute Gasteiger partial charge is 0.330 e. The average molecular weight is 318 g/mol. The normalized spacial score (nSPS) is 13.8. The second-order valence-electron chi connectivity index (χ2n) is 6.25. The number of rotatable bonds is 4. The van der Waals surface area contributed by atoms with Crippen molar-refractivity contribution < 1.29 is 4.79 Å². The lowest BCUT2D eigenvalue weighted by Gasteiger charge is -2.22. The van der Waals surface area contributed by atoms with Gasteiger partial charge in [0.1, 0.15) is 5.69 Å². The first kappa shape index (κ1) is 14.7. The van der Waals surface area contributed by atoms with Gasteiger partial charge in [0.2, 0.25) is 0 Å². The monoisotopic (exact) mass is 318 g/mol. The lowest BCUT2D eigenvalue weighted by Crippen LogP contribution is -2.34. The number of H-pyrrole nitrogens is 1. The molecule has 1 heterocycles. The Morgan fingerprint density at radius 1 is 1.04 bits per heavy atom. The molecule has 1 aromatic heterocycles. The molecule has 1 N–H and O–H groups in total. The number of aromatic nitrogens is 1. The first-order valence-corrected chi connectivity index (χ1v) is 8.19. The summed E-state index contributed by atoms with van der Waals surface area (Å²) in [5, 5.41) is 1.40. The molecule has 120 valence electrons. The molecule has 0 saturated heterocycles. The van der Waals surface area contributed by atoms with Crippen molar-refractivity contribution in [1.82, 2.24) is 9.88 Å². The molecule has 24 heavy (non-hydrogen) atoms. The molecule has 1 aliphatic carbocycles. The van der Waals surface area contributed by atoms with Gasteiger partial charge in [0.15, 0.2) is 0 Å². The van der Waals surface area contributed by atoms with Gasteiger partial charge in [-0.25, -0.2) is 0 Å². The number of carbonyl (C=O) groups excluding carboxylic acids is 1. The molecule has 1 saturated carbocycles. The summed E-state index contributed by atoms with van der Waals surface area (Å²) in [5.41, 5.74) is 1.24. The lowest BCUT2D eigenvalue weighted by molar-refractivity contribution is 0.0724. The third-order valence-corrected chi connectivity index (χ3v) is 4.43. The highest BCUT2D eigenvalue weighted by Gasteiger charge is 2.33. The van der Waals surface area contributed by atoms with Gasteiger partial charge in [0.05, 0.1) is 0 Å². The van der Waals surface area contributed by atoms with Crippen molar-refractivity contribution in [2.24, 2.45) is 0 Å². The minimum atomic E-state index is -0.216. The minimum absolute atomic E-state index is 0.107. The van der Waals surface area contributed by atoms with Crippen LogP contribution in [0.5, 0.6) is 0 Å². The predicted molar refractivity (Wildman–Crippen MR) is 93.9 cm³/mol. The standard InChI is InChI=1S/C20H18N2O2/c23-19-17-9-5-4-8-15(17)12-18(21-19)20(24)22(16-10-11-16)13-14-6-2-1-3-7-14/h1-9,12,16H,10-11,13H2,(H,21,23). The summed E-state index contributed by atoms with van der Waals surface area (Å²) in [4.78, 5) is 29.8. The van der Waals surface area contributed by atoms with E-state index in [9.17, 15) is 9.59 Å². The van der Waals surface area contributed by atoms with Crippen LogP contribution < -0.4 is 5.56 Å². The first-order chi connectivity index (χ1) is 11.7. The number of benzene rings is 2. The van der Waals surface area contributed by atoms with Crippen LogP contribution in [-0.2, 0) is 6.54 Å². The van der Waals surface area contributed by atoms with E-state index in [1.54, 1.807) is 12.1 Å². The van der Waals surface area contributed by atoms with Gasteiger partial charge in [-0.15, -0.1) is 0 Å². The zero-order chi connectivity index (χ0) is 16.5. The fraction of sp³-hybridized carbons (Fsp3) is 0.200. The molecule has 0 unspecified atom stereocenters. The van der Waals surface area contributed by atoms with Crippen LogP contribution in [-0.4, -0.2) is 21.8 Å². The van der Waals surface area contributed by atoms with Crippen LogP contribution in [0.15, 0.2) is 65.5 Å². The van der Waals surface area contributed by atoms with Crippen molar-refractivity contribution in [1.29, 1.82) is 0 Å². The van der Waals surface area contributed by atoms with Gasteiger partial charge in [-0.1, -0.05) is 48.5 Å². The maximum Gasteiger partial charge on any atom is 0.270 e. The second-order valence-corrected chi connectivity index (χ2v) is 6.25. The van der Waals surface area contributed by atoms with Crippen LogP contribution in [0.4, 0.5) is 0 Å². The van der Waals surface area contributed by atoms with Gasteiger partial charge in [-0.3, -0.25) is 9.59 Å². The Bertz CT molecular complexity index is 943. The Morgan fingerprint density at radius 3 is 2.50 bits per heavy atom. The van der Waals surface area contributed by atoms with Gasteiger partial charge in [-0.05, 0) is 35.9 Å². The maximum atomic E-state index is 13.0. The van der Waals surface area contributed by atoms with Crippen molar-refractivity contribution in [2.45, 2.75) is 25.4 Å². The molecule has 4 heteroatoms. The van der Waals surface area contributed by atoms with Gasteiger partial charge in [0, 0.05) is 18.0 Å². The van der Waals surface area contributed by atoms with Gasteiger partial charge < -0.3 is 9.88 Å². The van der Waals surface area contributed by atoms with E-state index in [0.717, 1.165) is 23.8 Å². The van der Waals surface area contributed by atoms with Crippen LogP contribution in [0.1, 0.15) is 28.9 Å². The van der Waals surface area contributed by atoms with E-state index in [2.05, 4.69) is 4.98 Å². The summed E-state index contributed by atoms with van der Waals surface area (Å²) < 4.78 is 0. The number of hydrogen-bond acceptors (Lipinski definition) is 2. The SMILES string of the molecule is O=C(c1cc2ccccc2c(=O)[nH]1)N(Cc1ccccc1)C1CC1. The van der Waals surface area contributed by atoms with Crippen LogP contribution >= 0.6 is 0 Å². The lowest BCUT2D eigenvalue weighted by atomic mass is 10.1. The second kappa shape index (κ2) is 5.96. The highest BCUT2D eigenvalue weighted by atomic mass is 16.2. The van der Waals surface area contributed by atoms with Gasteiger partial charge in [-0.2, -0.15) is 0 Å². The molecule has 1 fully saturated rings. The quantitative estimate of drug-likeness (QED) is 0.802. The van der Waals surface area contributed by atoms with Crippen molar-refractivity contribution in [3.63, 3.8) is 0 Å². The van der Waals surface area contributed by atoms with Crippen molar-refractivity contribution in [3.05, 3.63) is 82.3 Å². The fourth-order valence-corrected chi connectivity index (χ4v) is 3.01. The number of nitrogens with zero attached hydrogens (tertiary/aromatic N) is 1. The molecule has 4 rings (SSSR count). The van der Waals surface area contributed by atoms with Crippen LogP contribution in [0.3, 0.4) is 0 Å². The van der Waals surface area contributed by atoms with E-state index in [1.165, 1.54) is 0 Å². The Labute approximate surface area is 139 Å². The number of carbonyl (C=O) groups is 1. The Morgan fingerprint density at radius 2 is 1.75 bits per heavy atom. The number of hydrogen-bond donors (Lipinski definition) is 1. The van der Waals surface area contributed by atoms with E-state index >= 15 is 0 Å². The van der Waals surface area contributed by atoms with E-state index in [-0.39, 0.29) is 17.5 Å². The number of nitrogens with one attached hydrogen (secondary N) is 1. The molecule has 1 amide bonds. The zero-order valence-electron chi connectivity index (χ0n) is 13.2. The van der Waals surface area contributed by atoms with Crippen molar-refractivity contribution in [2.75, 3.05) is 0 Å². The summed E-state index contributed by atoms with van der Waals surface area (Å²) in [6.07, 6.45) is 2.05. The summed E-state index contributed by atoms with van der Waals surface area (Å²) >= 11 is 0. The highest BCUT2D eigenvalue weighted by molar-refractivity contribution is 5.96. The predicted octanol–water partition coefficient (Wildman–Crippen LogP) is 3.33. The number of pyridine rings is 1. The summed E-state index contributed by atoms with van der Waals surface area (Å²) in [6.45, 7) is 0.569. The van der Waals surface area contributed by atoms with E-state index in [4.69, 9.17) is 0 Å². The average Bonchev–Trinajstić information content (AvgIpc) is 3.45. The molecule has 3 aromatic rings. The highest BCUT2D eigenvalue weighted by Crippen LogP contribution is 2.29. The fourth-order valence-electron chi connectivity index (χ4n) is 3.01. The molecule has 0 bridgehead atoms. The molecule has 0 atom stereocenters. The summed E-state index contributed by atoms with van der Waals surface area (Å²) in [6, 6.07) is 19.3. The van der Waals surface area contributed by atoms with Crippen molar-refractivity contribution >= 4 is 16.7 Å². The van der Waals surface area contributed by atoms with E-state index < -0.39 is 0 Å². The number of amides is 1. The molecule has 1 aliphatic rings. The molecule has 0 spiro atoms. The Kier molecular flexibility index (Phi) is 3.65. The van der Waals surface area contributed by atoms with Gasteiger partial charge in [0.25, 0.3) is 11.5 Å². The number of fused-ring (bicyclic) bond motifs is 1. The Balaban J connectivity index is 1.69. The van der Waals surface area contributed by atoms with Crippen molar-refractivity contribution in [3.8, 4) is 0 Å². The van der Waals surface area contributed by atoms with E-state index in [0.29, 0.717) is 17.6 Å². The molecular weight excluding hydrogens is 300 g/mol. The van der Waals surface area contributed by atoms with Crippen LogP contribution in [0.25, 0.3) is 10.8 Å². The maximum absolute atomic E-state index is 13.0. The number of aromatic amines is 1. The molecule has 0 radical (unpaired) electrons. The third kappa shape index (κ3) is 2.83. The van der Waals surface area contributed by atoms with Crippen LogP contribution in [0.2, 0.25) is 0 Å². The zero-order valence-corrected chi connectivity index (χ0v) is 13.2. The van der Waals surface area contributed by atoms with Gasteiger partial charge >= 0.3 is 0 Å².